The molecule has 0 heterocycles. The molecule has 0 aliphatic heterocycles. The van der Waals surface area contributed by atoms with Crippen LogP contribution in [0.25, 0.3) is 6.08 Å². The highest BCUT2D eigenvalue weighted by Gasteiger charge is 2.13. The lowest BCUT2D eigenvalue weighted by Crippen LogP contribution is -2.35. The minimum atomic E-state index is -0.824. The smallest absolute Gasteiger partial charge is 0.303 e. The summed E-state index contributed by atoms with van der Waals surface area (Å²) in [4.78, 5) is 35.7. The van der Waals surface area contributed by atoms with Gasteiger partial charge >= 0.3 is 5.97 Å². The van der Waals surface area contributed by atoms with E-state index in [2.05, 4.69) is 26.6 Å². The lowest BCUT2D eigenvalue weighted by Gasteiger charge is -2.10. The highest BCUT2D eigenvalue weighted by atomic mass is 79.9. The van der Waals surface area contributed by atoms with Crippen molar-refractivity contribution in [3.05, 3.63) is 88.0 Å². The molecule has 0 spiro atoms. The standard InChI is InChI=1S/C24H25BrN2O4/c25-20-15-13-19(14-16-20)23(30)27-21(11-7-10-18-8-3-1-4-9-18)24(31)26-17-6-2-5-12-22(28)29/h1,3-4,7-11,13-16H,2,5-6,12,17H2,(H,26,31)(H,27,30)(H,28,29). The number of carbonyl (C=O) groups excluding carboxylic acids is 2. The van der Waals surface area contributed by atoms with Gasteiger partial charge in [-0.3, -0.25) is 14.4 Å². The van der Waals surface area contributed by atoms with Crippen LogP contribution >= 0.6 is 15.9 Å². The number of amides is 2. The van der Waals surface area contributed by atoms with Crippen LogP contribution in [0.1, 0.15) is 41.6 Å². The van der Waals surface area contributed by atoms with E-state index in [0.29, 0.717) is 31.4 Å². The Bertz CT molecular complexity index is 938. The summed E-state index contributed by atoms with van der Waals surface area (Å²) in [5.74, 6) is -1.61. The van der Waals surface area contributed by atoms with Crippen LogP contribution in [0, 0.1) is 0 Å². The van der Waals surface area contributed by atoms with Crippen LogP contribution in [0.15, 0.2) is 76.9 Å². The Balaban J connectivity index is 2.02. The summed E-state index contributed by atoms with van der Waals surface area (Å²) in [7, 11) is 0. The summed E-state index contributed by atoms with van der Waals surface area (Å²) < 4.78 is 0.853. The largest absolute Gasteiger partial charge is 0.481 e. The van der Waals surface area contributed by atoms with E-state index in [1.54, 1.807) is 36.4 Å². The summed E-state index contributed by atoms with van der Waals surface area (Å²) in [6.07, 6.45) is 7.14. The molecule has 0 atom stereocenters. The molecule has 162 valence electrons. The lowest BCUT2D eigenvalue weighted by atomic mass is 10.2. The zero-order chi connectivity index (χ0) is 22.5. The number of benzene rings is 2. The minimum absolute atomic E-state index is 0.118. The van der Waals surface area contributed by atoms with E-state index in [4.69, 9.17) is 5.11 Å². The molecule has 2 rings (SSSR count). The van der Waals surface area contributed by atoms with Crippen molar-refractivity contribution in [2.24, 2.45) is 0 Å². The number of halogens is 1. The van der Waals surface area contributed by atoms with E-state index >= 15 is 0 Å². The number of carboxylic acid groups (broad SMARTS) is 1. The van der Waals surface area contributed by atoms with Crippen LogP contribution in [0.3, 0.4) is 0 Å². The number of carbonyl (C=O) groups is 3. The van der Waals surface area contributed by atoms with E-state index in [1.165, 1.54) is 0 Å². The average Bonchev–Trinajstić information content (AvgIpc) is 2.76. The third kappa shape index (κ3) is 9.44. The van der Waals surface area contributed by atoms with Gasteiger partial charge in [0.1, 0.15) is 5.70 Å². The highest BCUT2D eigenvalue weighted by molar-refractivity contribution is 9.10. The van der Waals surface area contributed by atoms with Crippen molar-refractivity contribution in [1.82, 2.24) is 10.6 Å². The van der Waals surface area contributed by atoms with Crippen molar-refractivity contribution < 1.29 is 19.5 Å². The Kier molecular flexibility index (Phi) is 10.2. The zero-order valence-electron chi connectivity index (χ0n) is 17.0. The van der Waals surface area contributed by atoms with E-state index in [9.17, 15) is 14.4 Å². The second-order valence-electron chi connectivity index (χ2n) is 6.77. The quantitative estimate of drug-likeness (QED) is 0.248. The van der Waals surface area contributed by atoms with Crippen molar-refractivity contribution in [2.75, 3.05) is 6.54 Å². The fourth-order valence-corrected chi connectivity index (χ4v) is 2.93. The Labute approximate surface area is 190 Å². The molecule has 0 unspecified atom stereocenters. The summed E-state index contributed by atoms with van der Waals surface area (Å²) in [6, 6.07) is 16.4. The molecule has 2 aromatic carbocycles. The molecule has 6 nitrogen and oxygen atoms in total. The van der Waals surface area contributed by atoms with E-state index in [1.807, 2.05) is 36.4 Å². The molecular formula is C24H25BrN2O4. The Morgan fingerprint density at radius 3 is 2.32 bits per heavy atom. The molecule has 0 radical (unpaired) electrons. The molecule has 0 aromatic heterocycles. The van der Waals surface area contributed by atoms with Crippen LogP contribution in [0.4, 0.5) is 0 Å². The molecule has 31 heavy (non-hydrogen) atoms. The predicted octanol–water partition coefficient (Wildman–Crippen LogP) is 4.54. The van der Waals surface area contributed by atoms with Gasteiger partial charge in [-0.25, -0.2) is 0 Å². The molecule has 0 bridgehead atoms. The molecule has 0 fully saturated rings. The number of rotatable bonds is 11. The van der Waals surface area contributed by atoms with Crippen molar-refractivity contribution >= 4 is 39.8 Å². The maximum Gasteiger partial charge on any atom is 0.303 e. The number of allylic oxidation sites excluding steroid dienone is 2. The first-order valence-corrected chi connectivity index (χ1v) is 10.8. The Morgan fingerprint density at radius 2 is 1.65 bits per heavy atom. The van der Waals surface area contributed by atoms with E-state index in [-0.39, 0.29) is 18.0 Å². The SMILES string of the molecule is O=C(O)CCCCCNC(=O)C(=CC=Cc1ccccc1)NC(=O)c1ccc(Br)cc1. The van der Waals surface area contributed by atoms with Gasteiger partial charge in [0.2, 0.25) is 0 Å². The molecule has 2 aromatic rings. The van der Waals surface area contributed by atoms with Gasteiger partial charge in [0.25, 0.3) is 11.8 Å². The van der Waals surface area contributed by atoms with Gasteiger partial charge in [0.15, 0.2) is 0 Å². The zero-order valence-corrected chi connectivity index (χ0v) is 18.6. The van der Waals surface area contributed by atoms with Gasteiger partial charge in [-0.05, 0) is 48.7 Å². The molecule has 0 saturated heterocycles. The van der Waals surface area contributed by atoms with Crippen LogP contribution in [-0.2, 0) is 9.59 Å². The monoisotopic (exact) mass is 484 g/mol. The van der Waals surface area contributed by atoms with E-state index < -0.39 is 11.9 Å². The highest BCUT2D eigenvalue weighted by Crippen LogP contribution is 2.11. The van der Waals surface area contributed by atoms with Crippen molar-refractivity contribution in [2.45, 2.75) is 25.7 Å². The lowest BCUT2D eigenvalue weighted by molar-refractivity contribution is -0.137. The van der Waals surface area contributed by atoms with Gasteiger partial charge in [-0.15, -0.1) is 0 Å². The molecule has 7 heteroatoms. The predicted molar refractivity (Wildman–Crippen MR) is 124 cm³/mol. The summed E-state index contributed by atoms with van der Waals surface area (Å²) in [5.41, 5.74) is 1.53. The van der Waals surface area contributed by atoms with Gasteiger partial charge in [-0.2, -0.15) is 0 Å². The van der Waals surface area contributed by atoms with Crippen molar-refractivity contribution in [3.8, 4) is 0 Å². The summed E-state index contributed by atoms with van der Waals surface area (Å²) in [6.45, 7) is 0.395. The first-order chi connectivity index (χ1) is 15.0. The molecule has 0 aliphatic rings. The van der Waals surface area contributed by atoms with Crippen LogP contribution < -0.4 is 10.6 Å². The number of aliphatic carboxylic acids is 1. The van der Waals surface area contributed by atoms with Crippen LogP contribution in [0.2, 0.25) is 0 Å². The first-order valence-electron chi connectivity index (χ1n) is 9.96. The number of carboxylic acids is 1. The molecule has 2 amide bonds. The van der Waals surface area contributed by atoms with Gasteiger partial charge < -0.3 is 15.7 Å². The number of unbranched alkanes of at least 4 members (excludes halogenated alkanes) is 2. The normalized spacial score (nSPS) is 11.3. The minimum Gasteiger partial charge on any atom is -0.481 e. The number of hydrogen-bond acceptors (Lipinski definition) is 3. The topological polar surface area (TPSA) is 95.5 Å². The third-order valence-corrected chi connectivity index (χ3v) is 4.83. The maximum atomic E-state index is 12.6. The third-order valence-electron chi connectivity index (χ3n) is 4.30. The Hall–Kier alpha value is -3.19. The summed E-state index contributed by atoms with van der Waals surface area (Å²) in [5, 5.41) is 14.1. The van der Waals surface area contributed by atoms with Crippen molar-refractivity contribution in [1.29, 1.82) is 0 Å². The second-order valence-corrected chi connectivity index (χ2v) is 7.69. The van der Waals surface area contributed by atoms with Gasteiger partial charge in [0, 0.05) is 23.0 Å². The summed E-state index contributed by atoms with van der Waals surface area (Å²) >= 11 is 3.33. The number of nitrogens with one attached hydrogen (secondary N) is 2. The van der Waals surface area contributed by atoms with Crippen LogP contribution in [-0.4, -0.2) is 29.4 Å². The molecule has 3 N–H and O–H groups in total. The van der Waals surface area contributed by atoms with Gasteiger partial charge in [0.05, 0.1) is 0 Å². The number of hydrogen-bond donors (Lipinski definition) is 3. The average molecular weight is 485 g/mol. The van der Waals surface area contributed by atoms with Gasteiger partial charge in [-0.1, -0.05) is 64.8 Å². The molecule has 0 saturated carbocycles. The molecular weight excluding hydrogens is 460 g/mol. The van der Waals surface area contributed by atoms with Crippen molar-refractivity contribution in [3.63, 3.8) is 0 Å². The Morgan fingerprint density at radius 1 is 0.935 bits per heavy atom. The first kappa shape index (κ1) is 24.1. The fourth-order valence-electron chi connectivity index (χ4n) is 2.66. The maximum absolute atomic E-state index is 12.6. The second kappa shape index (κ2) is 13.2. The van der Waals surface area contributed by atoms with E-state index in [0.717, 1.165) is 10.0 Å². The fraction of sp³-hybridized carbons (Fsp3) is 0.208. The van der Waals surface area contributed by atoms with Crippen LogP contribution in [0.5, 0.6) is 0 Å². The molecule has 0 aliphatic carbocycles.